The molecule has 4 N–H and O–H groups in total. The van der Waals surface area contributed by atoms with Gasteiger partial charge in [0.2, 0.25) is 11.6 Å². The summed E-state index contributed by atoms with van der Waals surface area (Å²) >= 11 is 0. The van der Waals surface area contributed by atoms with Gasteiger partial charge in [0.05, 0.1) is 12.2 Å². The second-order valence-corrected chi connectivity index (χ2v) is 8.70. The maximum Gasteiger partial charge on any atom is 0.248 e. The molecule has 0 radical (unpaired) electrons. The number of carbonyl (C=O) groups is 2. The predicted molar refractivity (Wildman–Crippen MR) is 119 cm³/mol. The highest BCUT2D eigenvalue weighted by atomic mass is 16.5. The van der Waals surface area contributed by atoms with Crippen LogP contribution in [0.25, 0.3) is 0 Å². The number of rotatable bonds is 6. The molecule has 1 saturated heterocycles. The molecule has 2 heterocycles. The molecule has 2 aromatic rings. The number of carbonyl (C=O) groups excluding carboxylic acids is 2. The van der Waals surface area contributed by atoms with Crippen LogP contribution in [0.4, 0.5) is 0 Å². The molecule has 0 aliphatic carbocycles. The second kappa shape index (κ2) is 9.49. The molecule has 34 heavy (non-hydrogen) atoms. The summed E-state index contributed by atoms with van der Waals surface area (Å²) in [7, 11) is 0. The molecule has 10 nitrogen and oxygen atoms in total. The van der Waals surface area contributed by atoms with Gasteiger partial charge in [0.1, 0.15) is 35.5 Å². The first kappa shape index (κ1) is 23.8. The zero-order valence-corrected chi connectivity index (χ0v) is 18.8. The number of aromatic hydroxyl groups is 3. The fraction of sp³-hybridized carbons (Fsp3) is 0.417. The molecule has 182 valence electrons. The Kier molecular flexibility index (Phi) is 6.65. The van der Waals surface area contributed by atoms with Gasteiger partial charge in [0.15, 0.2) is 17.6 Å². The predicted octanol–water partition coefficient (Wildman–Crippen LogP) is 1.54. The Labute approximate surface area is 195 Å². The summed E-state index contributed by atoms with van der Waals surface area (Å²) in [6.07, 6.45) is -2.17. The zero-order chi connectivity index (χ0) is 24.6. The van der Waals surface area contributed by atoms with Crippen LogP contribution in [0.15, 0.2) is 30.3 Å². The third-order valence-electron chi connectivity index (χ3n) is 5.68. The van der Waals surface area contributed by atoms with Crippen LogP contribution < -0.4 is 9.47 Å². The molecule has 4 rings (SSSR count). The summed E-state index contributed by atoms with van der Waals surface area (Å²) in [5.41, 5.74) is 0.0115. The van der Waals surface area contributed by atoms with Crippen LogP contribution in [0, 0.1) is 0 Å². The summed E-state index contributed by atoms with van der Waals surface area (Å²) in [5.74, 6) is -3.04. The third-order valence-corrected chi connectivity index (χ3v) is 5.68. The van der Waals surface area contributed by atoms with E-state index in [0.717, 1.165) is 6.07 Å². The Morgan fingerprint density at radius 2 is 1.76 bits per heavy atom. The number of phenols is 3. The molecule has 4 atom stereocenters. The number of morpholine rings is 1. The number of hydrogen-bond acceptors (Lipinski definition) is 10. The van der Waals surface area contributed by atoms with Crippen molar-refractivity contribution >= 4 is 11.6 Å². The van der Waals surface area contributed by atoms with Crippen molar-refractivity contribution in [3.63, 3.8) is 0 Å². The first-order chi connectivity index (χ1) is 16.1. The van der Waals surface area contributed by atoms with E-state index in [2.05, 4.69) is 4.90 Å². The van der Waals surface area contributed by atoms with Crippen molar-refractivity contribution in [3.8, 4) is 28.7 Å². The van der Waals surface area contributed by atoms with E-state index < -0.39 is 29.5 Å². The quantitative estimate of drug-likeness (QED) is 0.360. The van der Waals surface area contributed by atoms with E-state index in [0.29, 0.717) is 19.6 Å². The van der Waals surface area contributed by atoms with Crippen LogP contribution in [0.2, 0.25) is 0 Å². The molecule has 0 bridgehead atoms. The summed E-state index contributed by atoms with van der Waals surface area (Å²) in [6, 6.07) is 6.02. The molecule has 2 aliphatic heterocycles. The fourth-order valence-electron chi connectivity index (χ4n) is 4.32. The number of β-amino-alcohol motifs (C(OH)–C–C–N with tert-alkyl or cyclic N) is 1. The standard InChI is InChI=1S/C24H27NO9/c1-12-8-25(9-13(2)33-12)10-16(27)11-32-19-6-15(26)7-20-21(19)22(30)23(31)24(34-20)14-3-4-17(28)18(29)5-14/h3-7,12-13,16,24,26-29H,8-11H2,1-2H3/t12-,13+,16?,24?. The largest absolute Gasteiger partial charge is 0.508 e. The van der Waals surface area contributed by atoms with Crippen LogP contribution in [0.5, 0.6) is 28.7 Å². The van der Waals surface area contributed by atoms with E-state index in [4.69, 9.17) is 14.2 Å². The van der Waals surface area contributed by atoms with Crippen molar-refractivity contribution in [1.82, 2.24) is 4.90 Å². The number of Topliss-reactive ketones (excluding diaryl/α,β-unsaturated/α-hetero) is 2. The molecule has 1 fully saturated rings. The van der Waals surface area contributed by atoms with E-state index in [1.165, 1.54) is 24.3 Å². The maximum atomic E-state index is 12.9. The molecule has 2 aliphatic rings. The van der Waals surface area contributed by atoms with E-state index in [-0.39, 0.29) is 52.9 Å². The average molecular weight is 473 g/mol. The normalized spacial score (nSPS) is 23.8. The van der Waals surface area contributed by atoms with Crippen molar-refractivity contribution in [2.45, 2.75) is 38.3 Å². The summed E-state index contributed by atoms with van der Waals surface area (Å²) in [6.45, 7) is 5.40. The monoisotopic (exact) mass is 473 g/mol. The van der Waals surface area contributed by atoms with Gasteiger partial charge in [-0.3, -0.25) is 14.5 Å². The number of benzene rings is 2. The Morgan fingerprint density at radius 3 is 2.44 bits per heavy atom. The Morgan fingerprint density at radius 1 is 1.06 bits per heavy atom. The van der Waals surface area contributed by atoms with Crippen molar-refractivity contribution in [1.29, 1.82) is 0 Å². The highest BCUT2D eigenvalue weighted by molar-refractivity contribution is 6.47. The molecular weight excluding hydrogens is 446 g/mol. The van der Waals surface area contributed by atoms with Crippen molar-refractivity contribution in [2.75, 3.05) is 26.2 Å². The van der Waals surface area contributed by atoms with Crippen LogP contribution in [-0.4, -0.2) is 81.4 Å². The molecule has 0 spiro atoms. The number of ether oxygens (including phenoxy) is 3. The number of ketones is 2. The lowest BCUT2D eigenvalue weighted by Gasteiger charge is -2.36. The van der Waals surface area contributed by atoms with Gasteiger partial charge in [-0.05, 0) is 26.0 Å². The van der Waals surface area contributed by atoms with Gasteiger partial charge in [0.25, 0.3) is 0 Å². The van der Waals surface area contributed by atoms with Gasteiger partial charge >= 0.3 is 0 Å². The van der Waals surface area contributed by atoms with E-state index in [9.17, 15) is 30.0 Å². The van der Waals surface area contributed by atoms with Crippen LogP contribution >= 0.6 is 0 Å². The van der Waals surface area contributed by atoms with E-state index in [1.54, 1.807) is 0 Å². The van der Waals surface area contributed by atoms with Gasteiger partial charge in [0, 0.05) is 37.3 Å². The number of fused-ring (bicyclic) bond motifs is 1. The highest BCUT2D eigenvalue weighted by Crippen LogP contribution is 2.42. The molecule has 0 aromatic heterocycles. The minimum absolute atomic E-state index is 0.0409. The topological polar surface area (TPSA) is 146 Å². The first-order valence-corrected chi connectivity index (χ1v) is 10.9. The van der Waals surface area contributed by atoms with Crippen molar-refractivity contribution in [3.05, 3.63) is 41.5 Å². The van der Waals surface area contributed by atoms with Crippen molar-refractivity contribution in [2.24, 2.45) is 0 Å². The second-order valence-electron chi connectivity index (χ2n) is 8.70. The summed E-state index contributed by atoms with van der Waals surface area (Å²) in [5, 5.41) is 39.8. The van der Waals surface area contributed by atoms with Gasteiger partial charge in [-0.15, -0.1) is 0 Å². The molecule has 2 aromatic carbocycles. The summed E-state index contributed by atoms with van der Waals surface area (Å²) < 4.78 is 17.0. The first-order valence-electron chi connectivity index (χ1n) is 10.9. The Balaban J connectivity index is 1.51. The zero-order valence-electron chi connectivity index (χ0n) is 18.8. The number of aliphatic hydroxyl groups excluding tert-OH is 1. The maximum absolute atomic E-state index is 12.9. The number of hydrogen-bond donors (Lipinski definition) is 4. The molecule has 0 saturated carbocycles. The van der Waals surface area contributed by atoms with Gasteiger partial charge in [-0.1, -0.05) is 6.07 Å². The number of aliphatic hydroxyl groups is 1. The number of phenolic OH excluding ortho intramolecular Hbond substituents is 3. The molecule has 2 unspecified atom stereocenters. The van der Waals surface area contributed by atoms with E-state index >= 15 is 0 Å². The fourth-order valence-corrected chi connectivity index (χ4v) is 4.32. The lowest BCUT2D eigenvalue weighted by atomic mass is 9.94. The average Bonchev–Trinajstić information content (AvgIpc) is 2.75. The minimum atomic E-state index is -1.36. The minimum Gasteiger partial charge on any atom is -0.508 e. The lowest BCUT2D eigenvalue weighted by Crippen LogP contribution is -2.48. The molecular formula is C24H27NO9. The lowest BCUT2D eigenvalue weighted by molar-refractivity contribution is -0.122. The van der Waals surface area contributed by atoms with Crippen molar-refractivity contribution < 1.29 is 44.2 Å². The SMILES string of the molecule is C[C@@H]1CN(CC(O)COc2cc(O)cc3c2C(=O)C(=O)C(c2ccc(O)c(O)c2)O3)C[C@H](C)O1. The molecule has 0 amide bonds. The van der Waals surface area contributed by atoms with E-state index in [1.807, 2.05) is 13.8 Å². The molecule has 10 heteroatoms. The van der Waals surface area contributed by atoms with Gasteiger partial charge in [-0.2, -0.15) is 0 Å². The smallest absolute Gasteiger partial charge is 0.248 e. The Hall–Kier alpha value is -3.34. The Bertz CT molecular complexity index is 1090. The van der Waals surface area contributed by atoms with Gasteiger partial charge < -0.3 is 34.6 Å². The third kappa shape index (κ3) is 4.93. The van der Waals surface area contributed by atoms with Gasteiger partial charge in [-0.25, -0.2) is 0 Å². The van der Waals surface area contributed by atoms with Crippen LogP contribution in [0.1, 0.15) is 35.9 Å². The number of nitrogens with zero attached hydrogens (tertiary/aromatic N) is 1. The van der Waals surface area contributed by atoms with Crippen LogP contribution in [-0.2, 0) is 9.53 Å². The van der Waals surface area contributed by atoms with Crippen LogP contribution in [0.3, 0.4) is 0 Å². The summed E-state index contributed by atoms with van der Waals surface area (Å²) in [4.78, 5) is 27.8. The highest BCUT2D eigenvalue weighted by Gasteiger charge is 2.39.